The Hall–Kier alpha value is -0.810. The second kappa shape index (κ2) is 7.45. The molecule has 3 unspecified atom stereocenters. The molecular weight excluding hydrogens is 266 g/mol. The van der Waals surface area contributed by atoms with E-state index in [1.165, 1.54) is 6.42 Å². The third-order valence-corrected chi connectivity index (χ3v) is 3.93. The number of hydrogen-bond donors (Lipinski definition) is 1. The van der Waals surface area contributed by atoms with Crippen LogP contribution in [0.4, 0.5) is 4.79 Å². The first-order chi connectivity index (χ1) is 9.58. The highest BCUT2D eigenvalue weighted by Crippen LogP contribution is 2.15. The van der Waals surface area contributed by atoms with Crippen LogP contribution in [0, 0.1) is 5.92 Å². The minimum absolute atomic E-state index is 0.247. The van der Waals surface area contributed by atoms with Crippen LogP contribution in [0.3, 0.4) is 0 Å². The predicted octanol–water partition coefficient (Wildman–Crippen LogP) is 2.17. The number of amides is 1. The normalized spacial score (nSPS) is 24.9. The lowest BCUT2D eigenvalue weighted by atomic mass is 10.1. The molecule has 0 spiro atoms. The van der Waals surface area contributed by atoms with Crippen LogP contribution < -0.4 is 5.32 Å². The first kappa shape index (κ1) is 18.2. The number of carbonyl (C=O) groups is 1. The average molecular weight is 299 g/mol. The quantitative estimate of drug-likeness (QED) is 0.845. The SMILES string of the molecule is CC(CNC1CC(C)N(C)C1)CN(C)C(=O)OC(C)(C)C. The first-order valence-electron chi connectivity index (χ1n) is 7.96. The molecule has 1 saturated heterocycles. The zero-order valence-electron chi connectivity index (χ0n) is 14.8. The van der Waals surface area contributed by atoms with Gasteiger partial charge in [-0.2, -0.15) is 0 Å². The molecule has 5 heteroatoms. The number of rotatable bonds is 5. The number of nitrogens with one attached hydrogen (secondary N) is 1. The summed E-state index contributed by atoms with van der Waals surface area (Å²) in [4.78, 5) is 16.0. The first-order valence-corrected chi connectivity index (χ1v) is 7.96. The van der Waals surface area contributed by atoms with E-state index in [1.54, 1.807) is 11.9 Å². The van der Waals surface area contributed by atoms with Crippen molar-refractivity contribution in [3.8, 4) is 0 Å². The van der Waals surface area contributed by atoms with Gasteiger partial charge in [-0.3, -0.25) is 0 Å². The molecule has 1 aliphatic heterocycles. The number of carbonyl (C=O) groups excluding carboxylic acids is 1. The van der Waals surface area contributed by atoms with Gasteiger partial charge in [0.1, 0.15) is 5.60 Å². The van der Waals surface area contributed by atoms with Gasteiger partial charge in [0.2, 0.25) is 0 Å². The molecule has 0 aromatic rings. The Balaban J connectivity index is 2.27. The maximum atomic E-state index is 11.9. The number of nitrogens with zero attached hydrogens (tertiary/aromatic N) is 2. The van der Waals surface area contributed by atoms with Crippen molar-refractivity contribution in [2.75, 3.05) is 33.7 Å². The number of likely N-dealkylation sites (tertiary alicyclic amines) is 1. The van der Waals surface area contributed by atoms with Gasteiger partial charge in [-0.05, 0) is 53.6 Å². The molecule has 0 aliphatic carbocycles. The third-order valence-electron chi connectivity index (χ3n) is 3.93. The predicted molar refractivity (Wildman–Crippen MR) is 86.5 cm³/mol. The lowest BCUT2D eigenvalue weighted by Gasteiger charge is -2.27. The molecule has 1 fully saturated rings. The van der Waals surface area contributed by atoms with Crippen LogP contribution >= 0.6 is 0 Å². The summed E-state index contributed by atoms with van der Waals surface area (Å²) < 4.78 is 5.37. The van der Waals surface area contributed by atoms with Gasteiger partial charge < -0.3 is 19.9 Å². The summed E-state index contributed by atoms with van der Waals surface area (Å²) in [5.74, 6) is 0.406. The average Bonchev–Trinajstić information content (AvgIpc) is 2.64. The lowest BCUT2D eigenvalue weighted by molar-refractivity contribution is 0.0276. The van der Waals surface area contributed by atoms with E-state index in [2.05, 4.69) is 31.1 Å². The molecule has 1 rings (SSSR count). The van der Waals surface area contributed by atoms with Crippen molar-refractivity contribution in [1.29, 1.82) is 0 Å². The van der Waals surface area contributed by atoms with Gasteiger partial charge in [-0.25, -0.2) is 4.79 Å². The Morgan fingerprint density at radius 2 is 2.10 bits per heavy atom. The van der Waals surface area contributed by atoms with E-state index in [1.807, 2.05) is 20.8 Å². The van der Waals surface area contributed by atoms with Crippen LogP contribution in [0.25, 0.3) is 0 Å². The fourth-order valence-corrected chi connectivity index (χ4v) is 2.66. The maximum absolute atomic E-state index is 11.9. The number of ether oxygens (including phenoxy) is 1. The summed E-state index contributed by atoms with van der Waals surface area (Å²) in [7, 11) is 3.97. The van der Waals surface area contributed by atoms with Crippen LogP contribution in [0.2, 0.25) is 0 Å². The van der Waals surface area contributed by atoms with Crippen LogP contribution in [-0.4, -0.2) is 67.3 Å². The molecular formula is C16H33N3O2. The van der Waals surface area contributed by atoms with Crippen molar-refractivity contribution in [1.82, 2.24) is 15.1 Å². The van der Waals surface area contributed by atoms with E-state index < -0.39 is 5.60 Å². The Kier molecular flexibility index (Phi) is 6.47. The van der Waals surface area contributed by atoms with Gasteiger partial charge in [0.25, 0.3) is 0 Å². The molecule has 1 N–H and O–H groups in total. The highest BCUT2D eigenvalue weighted by atomic mass is 16.6. The monoisotopic (exact) mass is 299 g/mol. The van der Waals surface area contributed by atoms with E-state index in [0.29, 0.717) is 24.5 Å². The van der Waals surface area contributed by atoms with E-state index in [4.69, 9.17) is 4.74 Å². The zero-order valence-corrected chi connectivity index (χ0v) is 14.8. The molecule has 0 bridgehead atoms. The minimum atomic E-state index is -0.433. The standard InChI is InChI=1S/C16H33N3O2/c1-12(9-17-14-8-13(2)18(6)11-14)10-19(7)15(20)21-16(3,4)5/h12-14,17H,8-11H2,1-7H3. The second-order valence-corrected chi connectivity index (χ2v) is 7.60. The summed E-state index contributed by atoms with van der Waals surface area (Å²) in [5.41, 5.74) is -0.433. The molecule has 0 aromatic heterocycles. The van der Waals surface area contributed by atoms with Crippen molar-refractivity contribution in [3.05, 3.63) is 0 Å². The van der Waals surface area contributed by atoms with E-state index in [9.17, 15) is 4.79 Å². The van der Waals surface area contributed by atoms with E-state index in [-0.39, 0.29) is 6.09 Å². The Labute approximate surface area is 130 Å². The van der Waals surface area contributed by atoms with Crippen molar-refractivity contribution >= 4 is 6.09 Å². The minimum Gasteiger partial charge on any atom is -0.444 e. The smallest absolute Gasteiger partial charge is 0.410 e. The van der Waals surface area contributed by atoms with Gasteiger partial charge in [-0.1, -0.05) is 6.92 Å². The van der Waals surface area contributed by atoms with Crippen LogP contribution in [0.1, 0.15) is 41.0 Å². The summed E-state index contributed by atoms with van der Waals surface area (Å²) >= 11 is 0. The molecule has 1 heterocycles. The molecule has 1 aliphatic rings. The van der Waals surface area contributed by atoms with Crippen molar-refractivity contribution < 1.29 is 9.53 Å². The summed E-state index contributed by atoms with van der Waals surface area (Å²) in [5, 5.41) is 3.61. The highest BCUT2D eigenvalue weighted by Gasteiger charge is 2.26. The fraction of sp³-hybridized carbons (Fsp3) is 0.938. The summed E-state index contributed by atoms with van der Waals surface area (Å²) in [6.45, 7) is 12.8. The van der Waals surface area contributed by atoms with Gasteiger partial charge in [0, 0.05) is 32.2 Å². The van der Waals surface area contributed by atoms with Crippen LogP contribution in [0.5, 0.6) is 0 Å². The van der Waals surface area contributed by atoms with Gasteiger partial charge >= 0.3 is 6.09 Å². The van der Waals surface area contributed by atoms with Crippen molar-refractivity contribution in [2.24, 2.45) is 5.92 Å². The number of hydrogen-bond acceptors (Lipinski definition) is 4. The Morgan fingerprint density at radius 3 is 2.57 bits per heavy atom. The molecule has 0 radical (unpaired) electrons. The van der Waals surface area contributed by atoms with Gasteiger partial charge in [0.05, 0.1) is 0 Å². The maximum Gasteiger partial charge on any atom is 0.410 e. The molecule has 1 amide bonds. The fourth-order valence-electron chi connectivity index (χ4n) is 2.66. The van der Waals surface area contributed by atoms with Crippen molar-refractivity contribution in [3.63, 3.8) is 0 Å². The number of likely N-dealkylation sites (N-methyl/N-ethyl adjacent to an activating group) is 1. The zero-order chi connectivity index (χ0) is 16.2. The lowest BCUT2D eigenvalue weighted by Crippen LogP contribution is -2.40. The van der Waals surface area contributed by atoms with E-state index >= 15 is 0 Å². The molecule has 3 atom stereocenters. The largest absolute Gasteiger partial charge is 0.444 e. The molecule has 21 heavy (non-hydrogen) atoms. The van der Waals surface area contributed by atoms with Crippen LogP contribution in [0.15, 0.2) is 0 Å². The highest BCUT2D eigenvalue weighted by molar-refractivity contribution is 5.67. The Bertz CT molecular complexity index is 331. The van der Waals surface area contributed by atoms with Gasteiger partial charge in [0.15, 0.2) is 0 Å². The Morgan fingerprint density at radius 1 is 1.48 bits per heavy atom. The summed E-state index contributed by atoms with van der Waals surface area (Å²) in [6.07, 6.45) is 0.953. The van der Waals surface area contributed by atoms with Crippen LogP contribution in [-0.2, 0) is 4.74 Å². The molecule has 5 nitrogen and oxygen atoms in total. The van der Waals surface area contributed by atoms with E-state index in [0.717, 1.165) is 13.1 Å². The summed E-state index contributed by atoms with van der Waals surface area (Å²) in [6, 6.07) is 1.22. The molecule has 124 valence electrons. The molecule has 0 saturated carbocycles. The molecule has 0 aromatic carbocycles. The van der Waals surface area contributed by atoms with Gasteiger partial charge in [-0.15, -0.1) is 0 Å². The second-order valence-electron chi connectivity index (χ2n) is 7.60. The topological polar surface area (TPSA) is 44.8 Å². The third kappa shape index (κ3) is 6.66. The van der Waals surface area contributed by atoms with Crippen molar-refractivity contribution in [2.45, 2.75) is 58.7 Å².